The van der Waals surface area contributed by atoms with Crippen LogP contribution in [-0.4, -0.2) is 23.8 Å². The first-order valence-electron chi connectivity index (χ1n) is 7.19. The zero-order valence-corrected chi connectivity index (χ0v) is 11.9. The van der Waals surface area contributed by atoms with E-state index >= 15 is 0 Å². The third kappa shape index (κ3) is 3.96. The number of hydrogen-bond acceptors (Lipinski definition) is 2. The molecule has 100 valence electrons. The fourth-order valence-corrected chi connectivity index (χ4v) is 3.93. The Bertz CT molecular complexity index is 252. The normalized spacial score (nSPS) is 30.2. The summed E-state index contributed by atoms with van der Waals surface area (Å²) in [6.07, 6.45) is 6.14. The lowest BCUT2D eigenvalue weighted by Crippen LogP contribution is -2.46. The molecule has 0 saturated heterocycles. The lowest BCUT2D eigenvalue weighted by Gasteiger charge is -2.45. The SMILES string of the molecule is CC1(C)CC(NCC(O)C2CC2)CC(C)(C)C1. The lowest BCUT2D eigenvalue weighted by atomic mass is 9.63. The van der Waals surface area contributed by atoms with Gasteiger partial charge < -0.3 is 10.4 Å². The number of aliphatic hydroxyl groups excluding tert-OH is 1. The molecule has 0 aliphatic heterocycles. The molecule has 2 rings (SSSR count). The topological polar surface area (TPSA) is 32.3 Å². The molecule has 2 fully saturated rings. The van der Waals surface area contributed by atoms with Gasteiger partial charge in [0.25, 0.3) is 0 Å². The minimum Gasteiger partial charge on any atom is -0.392 e. The molecule has 0 radical (unpaired) electrons. The molecule has 0 aromatic heterocycles. The summed E-state index contributed by atoms with van der Waals surface area (Å²) < 4.78 is 0. The summed E-state index contributed by atoms with van der Waals surface area (Å²) in [4.78, 5) is 0. The predicted octanol–water partition coefficient (Wildman–Crippen LogP) is 2.95. The third-order valence-corrected chi connectivity index (χ3v) is 4.34. The van der Waals surface area contributed by atoms with Gasteiger partial charge in [0, 0.05) is 12.6 Å². The van der Waals surface area contributed by atoms with Gasteiger partial charge >= 0.3 is 0 Å². The first-order valence-corrected chi connectivity index (χ1v) is 7.19. The maximum atomic E-state index is 9.92. The Balaban J connectivity index is 1.83. The highest BCUT2D eigenvalue weighted by molar-refractivity contribution is 4.93. The van der Waals surface area contributed by atoms with Crippen molar-refractivity contribution in [3.05, 3.63) is 0 Å². The van der Waals surface area contributed by atoms with E-state index < -0.39 is 0 Å². The van der Waals surface area contributed by atoms with Crippen molar-refractivity contribution in [2.75, 3.05) is 6.54 Å². The molecule has 0 spiro atoms. The van der Waals surface area contributed by atoms with Crippen LogP contribution in [0.5, 0.6) is 0 Å². The lowest BCUT2D eigenvalue weighted by molar-refractivity contribution is 0.0731. The van der Waals surface area contributed by atoms with Crippen LogP contribution in [0.3, 0.4) is 0 Å². The van der Waals surface area contributed by atoms with Crippen LogP contribution in [0.1, 0.15) is 59.8 Å². The van der Waals surface area contributed by atoms with E-state index in [0.717, 1.165) is 6.54 Å². The summed E-state index contributed by atoms with van der Waals surface area (Å²) in [7, 11) is 0. The molecule has 2 aliphatic rings. The monoisotopic (exact) mass is 239 g/mol. The Morgan fingerprint density at radius 1 is 1.12 bits per heavy atom. The summed E-state index contributed by atoms with van der Waals surface area (Å²) in [5, 5.41) is 13.5. The van der Waals surface area contributed by atoms with Crippen LogP contribution in [0.2, 0.25) is 0 Å². The maximum absolute atomic E-state index is 9.92. The molecule has 2 heteroatoms. The van der Waals surface area contributed by atoms with Crippen LogP contribution < -0.4 is 5.32 Å². The van der Waals surface area contributed by atoms with E-state index in [1.807, 2.05) is 0 Å². The Hall–Kier alpha value is -0.0800. The van der Waals surface area contributed by atoms with E-state index in [0.29, 0.717) is 22.8 Å². The van der Waals surface area contributed by atoms with Gasteiger partial charge in [-0.2, -0.15) is 0 Å². The molecular formula is C15H29NO. The average molecular weight is 239 g/mol. The van der Waals surface area contributed by atoms with Crippen LogP contribution in [0.4, 0.5) is 0 Å². The minimum absolute atomic E-state index is 0.108. The molecule has 2 nitrogen and oxygen atoms in total. The van der Waals surface area contributed by atoms with Crippen molar-refractivity contribution in [2.45, 2.75) is 71.9 Å². The first kappa shape index (κ1) is 13.4. The van der Waals surface area contributed by atoms with E-state index in [1.165, 1.54) is 32.1 Å². The van der Waals surface area contributed by atoms with E-state index in [4.69, 9.17) is 0 Å². The molecule has 0 bridgehead atoms. The van der Waals surface area contributed by atoms with Gasteiger partial charge in [-0.15, -0.1) is 0 Å². The second-order valence-electron chi connectivity index (χ2n) is 7.92. The maximum Gasteiger partial charge on any atom is 0.0692 e. The molecule has 17 heavy (non-hydrogen) atoms. The molecule has 0 amide bonds. The number of aliphatic hydroxyl groups is 1. The van der Waals surface area contributed by atoms with Crippen molar-refractivity contribution >= 4 is 0 Å². The van der Waals surface area contributed by atoms with E-state index in [1.54, 1.807) is 0 Å². The van der Waals surface area contributed by atoms with Gasteiger partial charge in [0.2, 0.25) is 0 Å². The van der Waals surface area contributed by atoms with Gasteiger partial charge in [0.15, 0.2) is 0 Å². The smallest absolute Gasteiger partial charge is 0.0692 e. The molecule has 0 heterocycles. The van der Waals surface area contributed by atoms with Crippen molar-refractivity contribution in [3.63, 3.8) is 0 Å². The summed E-state index contributed by atoms with van der Waals surface area (Å²) in [6.45, 7) is 10.3. The van der Waals surface area contributed by atoms with Gasteiger partial charge in [-0.3, -0.25) is 0 Å². The first-order chi connectivity index (χ1) is 7.77. The highest BCUT2D eigenvalue weighted by Crippen LogP contribution is 2.45. The number of rotatable bonds is 4. The van der Waals surface area contributed by atoms with Crippen molar-refractivity contribution in [1.82, 2.24) is 5.32 Å². The second kappa shape index (κ2) is 4.55. The standard InChI is InChI=1S/C15H29NO/c1-14(2)7-12(8-15(3,4)10-14)16-9-13(17)11-5-6-11/h11-13,16-17H,5-10H2,1-4H3. The second-order valence-corrected chi connectivity index (χ2v) is 7.92. The summed E-state index contributed by atoms with van der Waals surface area (Å²) in [5.41, 5.74) is 0.869. The van der Waals surface area contributed by atoms with Gasteiger partial charge in [-0.05, 0) is 48.9 Å². The van der Waals surface area contributed by atoms with Crippen LogP contribution >= 0.6 is 0 Å². The van der Waals surface area contributed by atoms with E-state index in [-0.39, 0.29) is 6.10 Å². The predicted molar refractivity (Wildman–Crippen MR) is 71.9 cm³/mol. The van der Waals surface area contributed by atoms with Crippen LogP contribution in [0.15, 0.2) is 0 Å². The highest BCUT2D eigenvalue weighted by Gasteiger charge is 2.38. The highest BCUT2D eigenvalue weighted by atomic mass is 16.3. The largest absolute Gasteiger partial charge is 0.392 e. The Morgan fingerprint density at radius 2 is 1.65 bits per heavy atom. The van der Waals surface area contributed by atoms with Gasteiger partial charge in [-0.25, -0.2) is 0 Å². The Morgan fingerprint density at radius 3 is 2.12 bits per heavy atom. The molecule has 2 N–H and O–H groups in total. The van der Waals surface area contributed by atoms with E-state index in [9.17, 15) is 5.11 Å². The quantitative estimate of drug-likeness (QED) is 0.790. The molecule has 0 aromatic carbocycles. The van der Waals surface area contributed by atoms with Crippen molar-refractivity contribution < 1.29 is 5.11 Å². The number of hydrogen-bond donors (Lipinski definition) is 2. The molecule has 0 aromatic rings. The van der Waals surface area contributed by atoms with Crippen LogP contribution in [-0.2, 0) is 0 Å². The summed E-state index contributed by atoms with van der Waals surface area (Å²) in [6, 6.07) is 0.585. The summed E-state index contributed by atoms with van der Waals surface area (Å²) in [5.74, 6) is 0.590. The minimum atomic E-state index is -0.108. The average Bonchev–Trinajstić information content (AvgIpc) is 2.91. The zero-order valence-electron chi connectivity index (χ0n) is 11.9. The fraction of sp³-hybridized carbons (Fsp3) is 1.00. The third-order valence-electron chi connectivity index (χ3n) is 4.34. The summed E-state index contributed by atoms with van der Waals surface area (Å²) >= 11 is 0. The van der Waals surface area contributed by atoms with Gasteiger partial charge in [0.1, 0.15) is 0 Å². The van der Waals surface area contributed by atoms with E-state index in [2.05, 4.69) is 33.0 Å². The van der Waals surface area contributed by atoms with Crippen molar-refractivity contribution in [1.29, 1.82) is 0 Å². The van der Waals surface area contributed by atoms with Gasteiger partial charge in [0.05, 0.1) is 6.10 Å². The Labute approximate surface area is 106 Å². The fourth-order valence-electron chi connectivity index (χ4n) is 3.93. The zero-order chi connectivity index (χ0) is 12.7. The molecule has 1 atom stereocenters. The van der Waals surface area contributed by atoms with Crippen LogP contribution in [0.25, 0.3) is 0 Å². The molecule has 2 saturated carbocycles. The molecule has 2 aliphatic carbocycles. The van der Waals surface area contributed by atoms with Gasteiger partial charge in [-0.1, -0.05) is 27.7 Å². The van der Waals surface area contributed by atoms with Crippen molar-refractivity contribution in [2.24, 2.45) is 16.7 Å². The Kier molecular flexibility index (Phi) is 3.57. The van der Waals surface area contributed by atoms with Crippen molar-refractivity contribution in [3.8, 4) is 0 Å². The molecular weight excluding hydrogens is 210 g/mol. The molecule has 1 unspecified atom stereocenters. The number of nitrogens with one attached hydrogen (secondary N) is 1. The van der Waals surface area contributed by atoms with Crippen LogP contribution in [0, 0.1) is 16.7 Å².